The van der Waals surface area contributed by atoms with Crippen LogP contribution in [0.25, 0.3) is 0 Å². The molecule has 1 heterocycles. The summed E-state index contributed by atoms with van der Waals surface area (Å²) < 4.78 is 0.910. The molecule has 2 rings (SSSR count). The predicted octanol–water partition coefficient (Wildman–Crippen LogP) is 0.420. The molecular formula is C15H19N5O2S. The third kappa shape index (κ3) is 4.56. The number of hydrogen-bond acceptors (Lipinski definition) is 6. The molecule has 0 fully saturated rings. The lowest BCUT2D eigenvalue weighted by atomic mass is 10.1. The highest BCUT2D eigenvalue weighted by atomic mass is 32.2. The SMILES string of the molecule is Cc1ccccc1CCNC(=O)CSc1nnc(C)c(=O)n1N. The van der Waals surface area contributed by atoms with Crippen molar-refractivity contribution in [2.24, 2.45) is 0 Å². The van der Waals surface area contributed by atoms with Gasteiger partial charge in [0.25, 0.3) is 5.56 Å². The fraction of sp³-hybridized carbons (Fsp3) is 0.333. The van der Waals surface area contributed by atoms with Gasteiger partial charge >= 0.3 is 0 Å². The Morgan fingerprint density at radius 1 is 1.30 bits per heavy atom. The van der Waals surface area contributed by atoms with E-state index in [0.29, 0.717) is 6.54 Å². The van der Waals surface area contributed by atoms with Crippen molar-refractivity contribution in [2.75, 3.05) is 18.1 Å². The van der Waals surface area contributed by atoms with E-state index in [1.165, 1.54) is 18.1 Å². The topological polar surface area (TPSA) is 103 Å². The summed E-state index contributed by atoms with van der Waals surface area (Å²) >= 11 is 1.08. The van der Waals surface area contributed by atoms with Gasteiger partial charge in [-0.2, -0.15) is 4.68 Å². The van der Waals surface area contributed by atoms with Gasteiger partial charge in [-0.05, 0) is 31.4 Å². The van der Waals surface area contributed by atoms with Crippen LogP contribution in [-0.4, -0.2) is 33.1 Å². The third-order valence-corrected chi connectivity index (χ3v) is 4.27. The average molecular weight is 333 g/mol. The second-order valence-electron chi connectivity index (χ2n) is 5.06. The Hall–Kier alpha value is -2.35. The van der Waals surface area contributed by atoms with Crippen molar-refractivity contribution < 1.29 is 4.79 Å². The number of carbonyl (C=O) groups is 1. The molecule has 0 atom stereocenters. The maximum absolute atomic E-state index is 11.8. The van der Waals surface area contributed by atoms with Crippen LogP contribution in [0.15, 0.2) is 34.2 Å². The van der Waals surface area contributed by atoms with Gasteiger partial charge in [0, 0.05) is 6.54 Å². The van der Waals surface area contributed by atoms with Crippen LogP contribution < -0.4 is 16.7 Å². The molecule has 7 nitrogen and oxygen atoms in total. The van der Waals surface area contributed by atoms with Crippen molar-refractivity contribution in [3.63, 3.8) is 0 Å². The lowest BCUT2D eigenvalue weighted by Gasteiger charge is -2.08. The molecule has 0 spiro atoms. The Bertz CT molecular complexity index is 760. The van der Waals surface area contributed by atoms with Crippen molar-refractivity contribution in [1.82, 2.24) is 20.2 Å². The van der Waals surface area contributed by atoms with Gasteiger partial charge in [0.2, 0.25) is 11.1 Å². The normalized spacial score (nSPS) is 10.5. The molecule has 0 aliphatic rings. The van der Waals surface area contributed by atoms with Crippen LogP contribution in [0, 0.1) is 13.8 Å². The number of carbonyl (C=O) groups excluding carboxylic acids is 1. The van der Waals surface area contributed by atoms with Gasteiger partial charge in [-0.15, -0.1) is 10.2 Å². The van der Waals surface area contributed by atoms with Gasteiger partial charge in [0.1, 0.15) is 5.69 Å². The van der Waals surface area contributed by atoms with Crippen LogP contribution in [-0.2, 0) is 11.2 Å². The van der Waals surface area contributed by atoms with Gasteiger partial charge in [-0.1, -0.05) is 36.0 Å². The maximum Gasteiger partial charge on any atom is 0.294 e. The first-order chi connectivity index (χ1) is 11.0. The van der Waals surface area contributed by atoms with Gasteiger partial charge in [0.05, 0.1) is 5.75 Å². The van der Waals surface area contributed by atoms with E-state index in [0.717, 1.165) is 22.9 Å². The molecule has 1 aromatic carbocycles. The third-order valence-electron chi connectivity index (χ3n) is 3.33. The first-order valence-corrected chi connectivity index (χ1v) is 8.13. The zero-order valence-electron chi connectivity index (χ0n) is 13.1. The summed E-state index contributed by atoms with van der Waals surface area (Å²) in [6.45, 7) is 4.13. The number of amides is 1. The Morgan fingerprint density at radius 2 is 2.04 bits per heavy atom. The van der Waals surface area contributed by atoms with Gasteiger partial charge in [-0.25, -0.2) is 0 Å². The Morgan fingerprint density at radius 3 is 2.78 bits per heavy atom. The zero-order chi connectivity index (χ0) is 16.8. The maximum atomic E-state index is 11.8. The van der Waals surface area contributed by atoms with Crippen molar-refractivity contribution in [3.05, 3.63) is 51.4 Å². The minimum atomic E-state index is -0.414. The molecule has 8 heteroatoms. The first kappa shape index (κ1) is 17.0. The molecule has 0 saturated heterocycles. The van der Waals surface area contributed by atoms with Crippen LogP contribution in [0.5, 0.6) is 0 Å². The molecule has 2 aromatic rings. The van der Waals surface area contributed by atoms with Crippen LogP contribution in [0.3, 0.4) is 0 Å². The van der Waals surface area contributed by atoms with Crippen molar-refractivity contribution in [1.29, 1.82) is 0 Å². The quantitative estimate of drug-likeness (QED) is 0.587. The highest BCUT2D eigenvalue weighted by molar-refractivity contribution is 7.99. The fourth-order valence-electron chi connectivity index (χ4n) is 1.98. The Kier molecular flexibility index (Phi) is 5.75. The largest absolute Gasteiger partial charge is 0.355 e. The predicted molar refractivity (Wildman–Crippen MR) is 89.8 cm³/mol. The lowest BCUT2D eigenvalue weighted by Crippen LogP contribution is -2.33. The summed E-state index contributed by atoms with van der Waals surface area (Å²) in [5.41, 5.74) is 2.22. The van der Waals surface area contributed by atoms with E-state index >= 15 is 0 Å². The summed E-state index contributed by atoms with van der Waals surface area (Å²) in [6.07, 6.45) is 0.773. The molecule has 1 amide bonds. The molecule has 0 bridgehead atoms. The van der Waals surface area contributed by atoms with Crippen LogP contribution >= 0.6 is 11.8 Å². The molecule has 0 aliphatic carbocycles. The van der Waals surface area contributed by atoms with Crippen molar-refractivity contribution in [3.8, 4) is 0 Å². The number of aromatic nitrogens is 3. The molecular weight excluding hydrogens is 314 g/mol. The number of benzene rings is 1. The number of hydrogen-bond donors (Lipinski definition) is 2. The van der Waals surface area contributed by atoms with Gasteiger partial charge in [0.15, 0.2) is 0 Å². The number of rotatable bonds is 6. The molecule has 0 unspecified atom stereocenters. The van der Waals surface area contributed by atoms with Crippen molar-refractivity contribution in [2.45, 2.75) is 25.4 Å². The molecule has 0 radical (unpaired) electrons. The van der Waals surface area contributed by atoms with E-state index in [4.69, 9.17) is 5.84 Å². The zero-order valence-corrected chi connectivity index (χ0v) is 13.9. The molecule has 122 valence electrons. The minimum Gasteiger partial charge on any atom is -0.355 e. The second kappa shape index (κ2) is 7.77. The second-order valence-corrected chi connectivity index (χ2v) is 6.00. The van der Waals surface area contributed by atoms with Crippen LogP contribution in [0.4, 0.5) is 0 Å². The van der Waals surface area contributed by atoms with E-state index in [-0.39, 0.29) is 22.5 Å². The summed E-state index contributed by atoms with van der Waals surface area (Å²) in [7, 11) is 0. The van der Waals surface area contributed by atoms with E-state index in [1.54, 1.807) is 0 Å². The van der Waals surface area contributed by atoms with E-state index in [9.17, 15) is 9.59 Å². The highest BCUT2D eigenvalue weighted by Crippen LogP contribution is 2.10. The number of nitrogen functional groups attached to an aromatic ring is 1. The smallest absolute Gasteiger partial charge is 0.294 e. The Balaban J connectivity index is 1.81. The molecule has 0 aliphatic heterocycles. The summed E-state index contributed by atoms with van der Waals surface area (Å²) in [6, 6.07) is 8.06. The Labute approximate surface area is 138 Å². The first-order valence-electron chi connectivity index (χ1n) is 7.14. The monoisotopic (exact) mass is 333 g/mol. The standard InChI is InChI=1S/C15H19N5O2S/c1-10-5-3-4-6-12(10)7-8-17-13(21)9-23-15-19-18-11(2)14(22)20(15)16/h3-6H,7-9,16H2,1-2H3,(H,17,21). The number of nitrogens with two attached hydrogens (primary N) is 1. The minimum absolute atomic E-state index is 0.127. The van der Waals surface area contributed by atoms with Gasteiger partial charge in [-0.3, -0.25) is 9.59 Å². The molecule has 3 N–H and O–H groups in total. The lowest BCUT2D eigenvalue weighted by molar-refractivity contribution is -0.118. The summed E-state index contributed by atoms with van der Waals surface area (Å²) in [5, 5.41) is 10.6. The fourth-order valence-corrected chi connectivity index (χ4v) is 2.66. The van der Waals surface area contributed by atoms with E-state index in [2.05, 4.69) is 15.5 Å². The highest BCUT2D eigenvalue weighted by Gasteiger charge is 2.10. The van der Waals surface area contributed by atoms with Crippen LogP contribution in [0.2, 0.25) is 0 Å². The summed E-state index contributed by atoms with van der Waals surface area (Å²) in [4.78, 5) is 23.5. The molecule has 23 heavy (non-hydrogen) atoms. The van der Waals surface area contributed by atoms with Crippen LogP contribution in [0.1, 0.15) is 16.8 Å². The van der Waals surface area contributed by atoms with E-state index < -0.39 is 5.56 Å². The number of nitrogens with one attached hydrogen (secondary N) is 1. The number of thioether (sulfide) groups is 1. The van der Waals surface area contributed by atoms with Crippen molar-refractivity contribution >= 4 is 17.7 Å². The molecule has 1 aromatic heterocycles. The number of nitrogens with zero attached hydrogens (tertiary/aromatic N) is 3. The van der Waals surface area contributed by atoms with E-state index in [1.807, 2.05) is 31.2 Å². The summed E-state index contributed by atoms with van der Waals surface area (Å²) in [5.74, 6) is 5.60. The number of aryl methyl sites for hydroxylation is 2. The molecule has 0 saturated carbocycles. The van der Waals surface area contributed by atoms with Gasteiger partial charge < -0.3 is 11.2 Å². The average Bonchev–Trinajstić information content (AvgIpc) is 2.54.